The zero-order valence-electron chi connectivity index (χ0n) is 14.1. The number of hydrogen-bond donors (Lipinski definition) is 1. The van der Waals surface area contributed by atoms with Crippen LogP contribution >= 0.6 is 0 Å². The molecule has 128 valence electrons. The first-order valence-electron chi connectivity index (χ1n) is 8.01. The van der Waals surface area contributed by atoms with Gasteiger partial charge in [-0.05, 0) is 47.9 Å². The van der Waals surface area contributed by atoms with Gasteiger partial charge in [-0.2, -0.15) is 0 Å². The monoisotopic (exact) mass is 337 g/mol. The van der Waals surface area contributed by atoms with Gasteiger partial charge in [0.05, 0.1) is 0 Å². The molecule has 0 atom stereocenters. The molecule has 0 aliphatic rings. The van der Waals surface area contributed by atoms with Crippen LogP contribution in [-0.4, -0.2) is 22.7 Å². The number of anilines is 1. The highest BCUT2D eigenvalue weighted by Crippen LogP contribution is 2.20. The quantitative estimate of drug-likeness (QED) is 0.738. The van der Waals surface area contributed by atoms with E-state index in [1.807, 2.05) is 24.3 Å². The van der Waals surface area contributed by atoms with Gasteiger partial charge in [-0.3, -0.25) is 4.79 Å². The second-order valence-electron chi connectivity index (χ2n) is 5.88. The minimum absolute atomic E-state index is 0.0637. The van der Waals surface area contributed by atoms with Gasteiger partial charge < -0.3 is 14.5 Å². The van der Waals surface area contributed by atoms with Crippen molar-refractivity contribution in [1.29, 1.82) is 0 Å². The summed E-state index contributed by atoms with van der Waals surface area (Å²) in [5.41, 5.74) is 2.78. The molecule has 0 saturated carbocycles. The van der Waals surface area contributed by atoms with E-state index < -0.39 is 0 Å². The minimum atomic E-state index is -0.210. The first-order valence-corrected chi connectivity index (χ1v) is 8.01. The molecule has 1 heterocycles. The molecule has 0 unspecified atom stereocenters. The second kappa shape index (κ2) is 7.61. The van der Waals surface area contributed by atoms with Crippen LogP contribution in [0.2, 0.25) is 0 Å². The highest BCUT2D eigenvalue weighted by Gasteiger charge is 2.07. The van der Waals surface area contributed by atoms with E-state index in [2.05, 4.69) is 29.4 Å². The standard InChI is InChI=1S/C19H19N3O3/c1-13(2)14-3-7-16(8-4-14)21-18(23)11-24-17-9-5-15(6-10-17)19-22-20-12-25-19/h3-10,12-13H,11H2,1-2H3,(H,21,23). The third-order valence-corrected chi connectivity index (χ3v) is 3.69. The van der Waals surface area contributed by atoms with Crippen molar-refractivity contribution in [3.8, 4) is 17.2 Å². The van der Waals surface area contributed by atoms with Gasteiger partial charge >= 0.3 is 0 Å². The molecular formula is C19H19N3O3. The highest BCUT2D eigenvalue weighted by molar-refractivity contribution is 5.91. The van der Waals surface area contributed by atoms with E-state index >= 15 is 0 Å². The van der Waals surface area contributed by atoms with E-state index in [1.165, 1.54) is 12.0 Å². The first-order chi connectivity index (χ1) is 12.1. The lowest BCUT2D eigenvalue weighted by molar-refractivity contribution is -0.118. The topological polar surface area (TPSA) is 77.2 Å². The fourth-order valence-corrected chi connectivity index (χ4v) is 2.29. The van der Waals surface area contributed by atoms with Gasteiger partial charge in [-0.25, -0.2) is 0 Å². The van der Waals surface area contributed by atoms with E-state index in [0.29, 0.717) is 17.6 Å². The summed E-state index contributed by atoms with van der Waals surface area (Å²) in [4.78, 5) is 12.0. The van der Waals surface area contributed by atoms with Crippen LogP contribution in [0.3, 0.4) is 0 Å². The Bertz CT molecular complexity index is 810. The number of nitrogens with one attached hydrogen (secondary N) is 1. The van der Waals surface area contributed by atoms with Crippen LogP contribution in [0.5, 0.6) is 5.75 Å². The van der Waals surface area contributed by atoms with E-state index in [9.17, 15) is 4.79 Å². The molecule has 1 amide bonds. The molecule has 2 aromatic carbocycles. The average Bonchev–Trinajstić information content (AvgIpc) is 3.15. The Kier molecular flexibility index (Phi) is 5.09. The number of amides is 1. The van der Waals surface area contributed by atoms with Crippen molar-refractivity contribution in [3.63, 3.8) is 0 Å². The molecule has 3 rings (SSSR count). The summed E-state index contributed by atoms with van der Waals surface area (Å²) in [5.74, 6) is 1.28. The number of rotatable bonds is 6. The lowest BCUT2D eigenvalue weighted by Crippen LogP contribution is -2.20. The molecule has 0 saturated heterocycles. The Labute approximate surface area is 145 Å². The molecule has 3 aromatic rings. The van der Waals surface area contributed by atoms with E-state index in [4.69, 9.17) is 9.15 Å². The summed E-state index contributed by atoms with van der Waals surface area (Å²) >= 11 is 0. The number of hydrogen-bond acceptors (Lipinski definition) is 5. The number of ether oxygens (including phenoxy) is 1. The molecule has 0 bridgehead atoms. The summed E-state index contributed by atoms with van der Waals surface area (Å²) in [5, 5.41) is 10.3. The van der Waals surface area contributed by atoms with Gasteiger partial charge in [0.2, 0.25) is 12.3 Å². The maximum absolute atomic E-state index is 12.0. The van der Waals surface area contributed by atoms with Crippen molar-refractivity contribution in [2.45, 2.75) is 19.8 Å². The molecule has 1 aromatic heterocycles. The maximum Gasteiger partial charge on any atom is 0.262 e. The molecular weight excluding hydrogens is 318 g/mol. The van der Waals surface area contributed by atoms with Gasteiger partial charge in [-0.15, -0.1) is 10.2 Å². The Morgan fingerprint density at radius 3 is 2.44 bits per heavy atom. The normalized spacial score (nSPS) is 10.7. The van der Waals surface area contributed by atoms with Crippen LogP contribution in [0.25, 0.3) is 11.5 Å². The third kappa shape index (κ3) is 4.44. The maximum atomic E-state index is 12.0. The molecule has 0 aliphatic heterocycles. The van der Waals surface area contributed by atoms with Crippen LogP contribution in [0.15, 0.2) is 59.3 Å². The van der Waals surface area contributed by atoms with Crippen LogP contribution in [0.4, 0.5) is 5.69 Å². The van der Waals surface area contributed by atoms with Gasteiger partial charge in [0.1, 0.15) is 5.75 Å². The molecule has 0 radical (unpaired) electrons. The predicted octanol–water partition coefficient (Wildman–Crippen LogP) is 3.88. The SMILES string of the molecule is CC(C)c1ccc(NC(=O)COc2ccc(-c3nnco3)cc2)cc1. The number of carbonyl (C=O) groups excluding carboxylic acids is 1. The molecule has 0 spiro atoms. The Morgan fingerprint density at radius 2 is 1.84 bits per heavy atom. The Morgan fingerprint density at radius 1 is 1.12 bits per heavy atom. The fraction of sp³-hybridized carbons (Fsp3) is 0.211. The van der Waals surface area contributed by atoms with E-state index in [1.54, 1.807) is 24.3 Å². The highest BCUT2D eigenvalue weighted by atomic mass is 16.5. The van der Waals surface area contributed by atoms with Crippen molar-refractivity contribution in [2.75, 3.05) is 11.9 Å². The van der Waals surface area contributed by atoms with Crippen LogP contribution < -0.4 is 10.1 Å². The van der Waals surface area contributed by atoms with E-state index in [-0.39, 0.29) is 12.5 Å². The fourth-order valence-electron chi connectivity index (χ4n) is 2.29. The summed E-state index contributed by atoms with van der Waals surface area (Å²) in [6.45, 7) is 4.20. The molecule has 25 heavy (non-hydrogen) atoms. The molecule has 1 N–H and O–H groups in total. The van der Waals surface area contributed by atoms with E-state index in [0.717, 1.165) is 11.3 Å². The van der Waals surface area contributed by atoms with Gasteiger partial charge in [0, 0.05) is 11.3 Å². The number of benzene rings is 2. The van der Waals surface area contributed by atoms with Crippen LogP contribution in [0, 0.1) is 0 Å². The van der Waals surface area contributed by atoms with Crippen LogP contribution in [-0.2, 0) is 4.79 Å². The summed E-state index contributed by atoms with van der Waals surface area (Å²) in [6.07, 6.45) is 1.28. The van der Waals surface area contributed by atoms with Crippen molar-refractivity contribution in [1.82, 2.24) is 10.2 Å². The lowest BCUT2D eigenvalue weighted by Gasteiger charge is -2.09. The lowest BCUT2D eigenvalue weighted by atomic mass is 10.0. The van der Waals surface area contributed by atoms with Crippen molar-refractivity contribution < 1.29 is 13.9 Å². The van der Waals surface area contributed by atoms with Gasteiger partial charge in [-0.1, -0.05) is 26.0 Å². The second-order valence-corrected chi connectivity index (χ2v) is 5.88. The molecule has 6 heteroatoms. The van der Waals surface area contributed by atoms with Crippen molar-refractivity contribution in [2.24, 2.45) is 0 Å². The smallest absolute Gasteiger partial charge is 0.262 e. The predicted molar refractivity (Wildman–Crippen MR) is 94.4 cm³/mol. The minimum Gasteiger partial charge on any atom is -0.484 e. The van der Waals surface area contributed by atoms with Crippen molar-refractivity contribution in [3.05, 3.63) is 60.5 Å². The Hall–Kier alpha value is -3.15. The Balaban J connectivity index is 1.52. The zero-order valence-corrected chi connectivity index (χ0v) is 14.1. The van der Waals surface area contributed by atoms with Gasteiger partial charge in [0.15, 0.2) is 6.61 Å². The zero-order chi connectivity index (χ0) is 17.6. The number of aromatic nitrogens is 2. The largest absolute Gasteiger partial charge is 0.484 e. The third-order valence-electron chi connectivity index (χ3n) is 3.69. The number of nitrogens with zero attached hydrogens (tertiary/aromatic N) is 2. The summed E-state index contributed by atoms with van der Waals surface area (Å²) in [7, 11) is 0. The molecule has 0 fully saturated rings. The average molecular weight is 337 g/mol. The van der Waals surface area contributed by atoms with Gasteiger partial charge in [0.25, 0.3) is 5.91 Å². The summed E-state index contributed by atoms with van der Waals surface area (Å²) in [6, 6.07) is 14.9. The number of carbonyl (C=O) groups is 1. The molecule has 6 nitrogen and oxygen atoms in total. The first kappa shape index (κ1) is 16.7. The molecule has 0 aliphatic carbocycles. The van der Waals surface area contributed by atoms with Crippen molar-refractivity contribution >= 4 is 11.6 Å². The van der Waals surface area contributed by atoms with Crippen LogP contribution in [0.1, 0.15) is 25.3 Å². The summed E-state index contributed by atoms with van der Waals surface area (Å²) < 4.78 is 10.6.